The molecule has 0 aliphatic carbocycles. The Bertz CT molecular complexity index is 41.6. The third-order valence-electron chi connectivity index (χ3n) is 0.568. The molecule has 0 saturated carbocycles. The smallest absolute Gasteiger partial charge is 0.0458 e. The summed E-state index contributed by atoms with van der Waals surface area (Å²) in [4.78, 5) is 3.85. The van der Waals surface area contributed by atoms with Crippen molar-refractivity contribution in [2.45, 2.75) is 6.42 Å². The molecule has 0 amide bonds. The number of hydrogen-bond acceptors (Lipinski definition) is 1. The van der Waals surface area contributed by atoms with Crippen molar-refractivity contribution in [1.29, 1.82) is 0 Å². The summed E-state index contributed by atoms with van der Waals surface area (Å²) >= 11 is 0. The van der Waals surface area contributed by atoms with Gasteiger partial charge in [0.25, 0.3) is 0 Å². The summed E-state index contributed by atoms with van der Waals surface area (Å²) in [5.74, 6) is 0. The second kappa shape index (κ2) is 1.20. The van der Waals surface area contributed by atoms with Crippen LogP contribution in [0.25, 0.3) is 0 Å². The lowest BCUT2D eigenvalue weighted by atomic mass is 10.4. The van der Waals surface area contributed by atoms with Crippen molar-refractivity contribution >= 4 is 6.21 Å². The van der Waals surface area contributed by atoms with E-state index in [1.54, 1.807) is 0 Å². The molecule has 0 aromatic rings. The van der Waals surface area contributed by atoms with Gasteiger partial charge in [-0.25, -0.2) is 0 Å². The van der Waals surface area contributed by atoms with Crippen molar-refractivity contribution in [1.82, 2.24) is 0 Å². The van der Waals surface area contributed by atoms with Gasteiger partial charge >= 0.3 is 0 Å². The summed E-state index contributed by atoms with van der Waals surface area (Å²) in [6, 6.07) is 0. The van der Waals surface area contributed by atoms with Gasteiger partial charge in [-0.2, -0.15) is 0 Å². The van der Waals surface area contributed by atoms with E-state index in [0.717, 1.165) is 13.0 Å². The Balaban J connectivity index is 2.32. The van der Waals surface area contributed by atoms with E-state index in [4.69, 9.17) is 0 Å². The molecule has 0 aromatic heterocycles. The molecule has 0 saturated heterocycles. The highest BCUT2D eigenvalue weighted by Crippen LogP contribution is 1.90. The largest absolute Gasteiger partial charge is 0.297 e. The Hall–Kier alpha value is -0.330. The highest BCUT2D eigenvalue weighted by Gasteiger charge is 1.87. The van der Waals surface area contributed by atoms with E-state index >= 15 is 0 Å². The van der Waals surface area contributed by atoms with Gasteiger partial charge in [-0.05, 0) is 12.6 Å². The van der Waals surface area contributed by atoms with Gasteiger partial charge in [-0.3, -0.25) is 4.99 Å². The van der Waals surface area contributed by atoms with E-state index in [1.165, 1.54) is 0 Å². The molecule has 0 atom stereocenters. The van der Waals surface area contributed by atoms with Crippen LogP contribution in [0.2, 0.25) is 0 Å². The second-order valence-corrected chi connectivity index (χ2v) is 0.977. The number of hydrogen-bond donors (Lipinski definition) is 0. The van der Waals surface area contributed by atoms with E-state index in [1.807, 2.05) is 6.21 Å². The minimum absolute atomic E-state index is 0.819. The molecular weight excluding hydrogens is 62.1 g/mol. The van der Waals surface area contributed by atoms with Crippen LogP contribution in [0.5, 0.6) is 0 Å². The van der Waals surface area contributed by atoms with Gasteiger partial charge < -0.3 is 0 Å². The Morgan fingerprint density at radius 2 is 2.80 bits per heavy atom. The molecule has 1 rings (SSSR count). The average molecular weight is 67.1 g/mol. The Labute approximate surface area is 31.7 Å². The Kier molecular flexibility index (Phi) is 0.692. The summed E-state index contributed by atoms with van der Waals surface area (Å²) in [6.45, 7) is 0.819. The van der Waals surface area contributed by atoms with Crippen LogP contribution in [0.4, 0.5) is 0 Å². The normalized spacial score (nSPS) is 20.8. The molecule has 5 heavy (non-hydrogen) atoms. The molecule has 1 heteroatoms. The molecule has 1 aliphatic rings. The molecule has 0 unspecified atom stereocenters. The summed E-state index contributed by atoms with van der Waals surface area (Å²) in [5, 5.41) is 0. The third kappa shape index (κ3) is 0.469. The average Bonchev–Trinajstić information content (AvgIpc) is 1.76. The molecule has 0 spiro atoms. The molecule has 0 N–H and O–H groups in total. The highest BCUT2D eigenvalue weighted by molar-refractivity contribution is 5.61. The van der Waals surface area contributed by atoms with Gasteiger partial charge in [0.2, 0.25) is 0 Å². The predicted octanol–water partition coefficient (Wildman–Crippen LogP) is 0.542. The lowest BCUT2D eigenvalue weighted by molar-refractivity contribution is 1.18. The number of aliphatic imine (C=N–C) groups is 1. The Morgan fingerprint density at radius 1 is 1.80 bits per heavy atom. The minimum atomic E-state index is 0.819. The molecule has 2 radical (unpaired) electrons. The summed E-state index contributed by atoms with van der Waals surface area (Å²) in [5.41, 5.74) is 0. The Morgan fingerprint density at radius 3 is 3.00 bits per heavy atom. The van der Waals surface area contributed by atoms with Gasteiger partial charge in [-0.1, -0.05) is 0 Å². The molecule has 0 fully saturated rings. The SMILES string of the molecule is [C]1CC=NC1. The van der Waals surface area contributed by atoms with Crippen LogP contribution < -0.4 is 0 Å². The zero-order valence-electron chi connectivity index (χ0n) is 2.94. The zero-order valence-corrected chi connectivity index (χ0v) is 2.94. The maximum absolute atomic E-state index is 3.85. The number of rotatable bonds is 0. The molecule has 1 heterocycles. The van der Waals surface area contributed by atoms with Crippen molar-refractivity contribution in [3.8, 4) is 0 Å². The molecular formula is C4H5N. The van der Waals surface area contributed by atoms with Gasteiger partial charge in [0.1, 0.15) is 0 Å². The van der Waals surface area contributed by atoms with Crippen molar-refractivity contribution in [2.24, 2.45) is 4.99 Å². The quantitative estimate of drug-likeness (QED) is 0.392. The number of nitrogens with zero attached hydrogens (tertiary/aromatic N) is 1. The molecule has 0 bridgehead atoms. The molecule has 1 aliphatic heterocycles. The van der Waals surface area contributed by atoms with Crippen molar-refractivity contribution in [3.63, 3.8) is 0 Å². The van der Waals surface area contributed by atoms with Crippen LogP contribution >= 0.6 is 0 Å². The lowest BCUT2D eigenvalue weighted by Gasteiger charge is -1.65. The highest BCUT2D eigenvalue weighted by atomic mass is 14.7. The van der Waals surface area contributed by atoms with Crippen LogP contribution in [0.1, 0.15) is 6.42 Å². The van der Waals surface area contributed by atoms with Crippen molar-refractivity contribution in [2.75, 3.05) is 6.54 Å². The maximum Gasteiger partial charge on any atom is 0.0458 e. The monoisotopic (exact) mass is 67.0 g/mol. The van der Waals surface area contributed by atoms with E-state index < -0.39 is 0 Å². The van der Waals surface area contributed by atoms with E-state index in [0.29, 0.717) is 0 Å². The van der Waals surface area contributed by atoms with Gasteiger partial charge in [-0.15, -0.1) is 0 Å². The maximum atomic E-state index is 3.85. The van der Waals surface area contributed by atoms with Gasteiger partial charge in [0.15, 0.2) is 0 Å². The van der Waals surface area contributed by atoms with Gasteiger partial charge in [0, 0.05) is 13.0 Å². The van der Waals surface area contributed by atoms with Gasteiger partial charge in [0.05, 0.1) is 0 Å². The van der Waals surface area contributed by atoms with E-state index in [2.05, 4.69) is 11.4 Å². The first kappa shape index (κ1) is 2.88. The zero-order chi connectivity index (χ0) is 3.54. The fourth-order valence-corrected chi connectivity index (χ4v) is 0.323. The van der Waals surface area contributed by atoms with Crippen molar-refractivity contribution in [3.05, 3.63) is 6.42 Å². The molecule has 1 nitrogen and oxygen atoms in total. The fourth-order valence-electron chi connectivity index (χ4n) is 0.323. The topological polar surface area (TPSA) is 12.4 Å². The van der Waals surface area contributed by atoms with E-state index in [9.17, 15) is 0 Å². The summed E-state index contributed by atoms with van der Waals surface area (Å²) < 4.78 is 0. The first-order valence-corrected chi connectivity index (χ1v) is 1.69. The molecule has 0 aromatic carbocycles. The van der Waals surface area contributed by atoms with Crippen LogP contribution in [-0.4, -0.2) is 12.8 Å². The first-order valence-electron chi connectivity index (χ1n) is 1.69. The first-order chi connectivity index (χ1) is 2.50. The lowest BCUT2D eigenvalue weighted by Crippen LogP contribution is -1.64. The fraction of sp³-hybridized carbons (Fsp3) is 0.500. The second-order valence-electron chi connectivity index (χ2n) is 0.977. The predicted molar refractivity (Wildman–Crippen MR) is 21.2 cm³/mol. The van der Waals surface area contributed by atoms with Crippen LogP contribution in [0, 0.1) is 6.42 Å². The standard InChI is InChI=1S/C4H5N/c1-2-4-5-3-1/h3H,1,4H2. The van der Waals surface area contributed by atoms with E-state index in [-0.39, 0.29) is 0 Å². The van der Waals surface area contributed by atoms with Crippen LogP contribution in [0.3, 0.4) is 0 Å². The minimum Gasteiger partial charge on any atom is -0.297 e. The van der Waals surface area contributed by atoms with Crippen LogP contribution in [-0.2, 0) is 0 Å². The summed E-state index contributed by atoms with van der Waals surface area (Å²) in [6.07, 6.45) is 5.83. The van der Waals surface area contributed by atoms with Crippen LogP contribution in [0.15, 0.2) is 4.99 Å². The molecule has 26 valence electrons. The third-order valence-corrected chi connectivity index (χ3v) is 0.568. The summed E-state index contributed by atoms with van der Waals surface area (Å²) in [7, 11) is 0. The van der Waals surface area contributed by atoms with Crippen molar-refractivity contribution < 1.29 is 0 Å².